The fourth-order valence-electron chi connectivity index (χ4n) is 2.68. The van der Waals surface area contributed by atoms with Crippen molar-refractivity contribution in [3.8, 4) is 17.0 Å². The lowest BCUT2D eigenvalue weighted by Crippen LogP contribution is -2.19. The Kier molecular flexibility index (Phi) is 5.59. The molecule has 0 aliphatic carbocycles. The van der Waals surface area contributed by atoms with Gasteiger partial charge in [-0.3, -0.25) is 14.8 Å². The normalized spacial score (nSPS) is 10.4. The smallest absolute Gasteiger partial charge is 0.323 e. The van der Waals surface area contributed by atoms with Crippen LogP contribution in [-0.2, 0) is 7.05 Å². The van der Waals surface area contributed by atoms with Gasteiger partial charge in [-0.15, -0.1) is 0 Å². The number of hydrogen-bond donors (Lipinski definition) is 2. The zero-order chi connectivity index (χ0) is 20.3. The van der Waals surface area contributed by atoms with Gasteiger partial charge in [0.2, 0.25) is 0 Å². The maximum absolute atomic E-state index is 12.3. The third-order valence-electron chi connectivity index (χ3n) is 3.92. The number of urea groups is 1. The molecule has 2 N–H and O–H groups in total. The van der Waals surface area contributed by atoms with E-state index in [0.29, 0.717) is 17.1 Å². The number of nitrogens with zero attached hydrogens (tertiary/aromatic N) is 3. The molecule has 0 bridgehead atoms. The van der Waals surface area contributed by atoms with Gasteiger partial charge < -0.3 is 15.4 Å². The SMILES string of the molecule is COc1ccc(NC(=O)Nc2cccc([N+](=O)[O-])c2)cc1-c1c(Br)cnn1C. The van der Waals surface area contributed by atoms with Gasteiger partial charge in [-0.2, -0.15) is 5.10 Å². The number of rotatable bonds is 5. The van der Waals surface area contributed by atoms with Gasteiger partial charge in [0.25, 0.3) is 5.69 Å². The molecule has 10 heteroatoms. The summed E-state index contributed by atoms with van der Waals surface area (Å²) in [5.74, 6) is 0.619. The molecule has 9 nitrogen and oxygen atoms in total. The van der Waals surface area contributed by atoms with Gasteiger partial charge in [-0.25, -0.2) is 4.79 Å². The highest BCUT2D eigenvalue weighted by molar-refractivity contribution is 9.10. The molecule has 1 aromatic heterocycles. The molecule has 0 radical (unpaired) electrons. The minimum absolute atomic E-state index is 0.106. The van der Waals surface area contributed by atoms with Crippen molar-refractivity contribution in [2.75, 3.05) is 17.7 Å². The van der Waals surface area contributed by atoms with Gasteiger partial charge in [0.15, 0.2) is 0 Å². The number of nitro benzene ring substituents is 1. The molecule has 0 spiro atoms. The highest BCUT2D eigenvalue weighted by Crippen LogP contribution is 2.36. The number of ether oxygens (including phenoxy) is 1. The topological polar surface area (TPSA) is 111 Å². The molecule has 144 valence electrons. The maximum Gasteiger partial charge on any atom is 0.323 e. The Morgan fingerprint density at radius 2 is 1.93 bits per heavy atom. The summed E-state index contributed by atoms with van der Waals surface area (Å²) in [6, 6.07) is 10.4. The second kappa shape index (κ2) is 8.09. The number of non-ortho nitro benzene ring substituents is 1. The molecular weight excluding hydrogens is 430 g/mol. The van der Waals surface area contributed by atoms with Gasteiger partial charge in [0.05, 0.1) is 28.4 Å². The van der Waals surface area contributed by atoms with Gasteiger partial charge in [-0.05, 0) is 40.2 Å². The van der Waals surface area contributed by atoms with Crippen LogP contribution in [0, 0.1) is 10.1 Å². The molecular formula is C18H16BrN5O4. The lowest BCUT2D eigenvalue weighted by molar-refractivity contribution is -0.384. The summed E-state index contributed by atoms with van der Waals surface area (Å²) < 4.78 is 7.89. The molecule has 2 aromatic carbocycles. The lowest BCUT2D eigenvalue weighted by Gasteiger charge is -2.13. The second-order valence-corrected chi connectivity index (χ2v) is 6.62. The maximum atomic E-state index is 12.3. The number of amides is 2. The fourth-order valence-corrected chi connectivity index (χ4v) is 3.24. The van der Waals surface area contributed by atoms with E-state index in [1.807, 2.05) is 0 Å². The average molecular weight is 446 g/mol. The van der Waals surface area contributed by atoms with Crippen molar-refractivity contribution in [3.05, 3.63) is 63.2 Å². The Hall–Kier alpha value is -3.40. The third-order valence-corrected chi connectivity index (χ3v) is 4.50. The van der Waals surface area contributed by atoms with Crippen LogP contribution in [0.25, 0.3) is 11.3 Å². The molecule has 2 amide bonds. The molecule has 0 fully saturated rings. The molecule has 3 rings (SSSR count). The molecule has 0 aliphatic rings. The first-order valence-electron chi connectivity index (χ1n) is 8.07. The van der Waals surface area contributed by atoms with Crippen LogP contribution >= 0.6 is 15.9 Å². The number of carbonyl (C=O) groups excluding carboxylic acids is 1. The molecule has 0 atom stereocenters. The fraction of sp³-hybridized carbons (Fsp3) is 0.111. The molecule has 0 saturated carbocycles. The molecule has 1 heterocycles. The summed E-state index contributed by atoms with van der Waals surface area (Å²) in [5, 5.41) is 20.3. The van der Waals surface area contributed by atoms with Crippen LogP contribution in [0.2, 0.25) is 0 Å². The number of aromatic nitrogens is 2. The first-order valence-corrected chi connectivity index (χ1v) is 8.86. The van der Waals surface area contributed by atoms with E-state index >= 15 is 0 Å². The van der Waals surface area contributed by atoms with Crippen LogP contribution in [0.1, 0.15) is 0 Å². The molecule has 28 heavy (non-hydrogen) atoms. The van der Waals surface area contributed by atoms with E-state index in [0.717, 1.165) is 15.7 Å². The van der Waals surface area contributed by atoms with E-state index in [1.54, 1.807) is 49.3 Å². The summed E-state index contributed by atoms with van der Waals surface area (Å²) in [7, 11) is 3.36. The van der Waals surface area contributed by atoms with Crippen molar-refractivity contribution in [2.45, 2.75) is 0 Å². The van der Waals surface area contributed by atoms with Crippen LogP contribution in [0.5, 0.6) is 5.75 Å². The molecule has 3 aromatic rings. The number of methoxy groups -OCH3 is 1. The van der Waals surface area contributed by atoms with Crippen molar-refractivity contribution in [3.63, 3.8) is 0 Å². The second-order valence-electron chi connectivity index (χ2n) is 5.77. The quantitative estimate of drug-likeness (QED) is 0.446. The average Bonchev–Trinajstić information content (AvgIpc) is 3.00. The number of carbonyl (C=O) groups is 1. The Morgan fingerprint density at radius 1 is 1.21 bits per heavy atom. The standard InChI is InChI=1S/C18H16BrN5O4/c1-23-17(15(19)10-20-23)14-9-12(6-7-16(14)28-2)22-18(25)21-11-4-3-5-13(8-11)24(26)27/h3-10H,1-2H3,(H2,21,22,25). The van der Waals surface area contributed by atoms with E-state index in [9.17, 15) is 14.9 Å². The van der Waals surface area contributed by atoms with Crippen molar-refractivity contribution in [1.29, 1.82) is 0 Å². The van der Waals surface area contributed by atoms with E-state index in [1.165, 1.54) is 18.2 Å². The van der Waals surface area contributed by atoms with Crippen LogP contribution in [0.15, 0.2) is 53.1 Å². The Balaban J connectivity index is 1.83. The lowest BCUT2D eigenvalue weighted by atomic mass is 10.1. The highest BCUT2D eigenvalue weighted by atomic mass is 79.9. The third kappa shape index (κ3) is 4.12. The number of anilines is 2. The van der Waals surface area contributed by atoms with E-state index in [-0.39, 0.29) is 5.69 Å². The number of halogens is 1. The zero-order valence-corrected chi connectivity index (χ0v) is 16.6. The highest BCUT2D eigenvalue weighted by Gasteiger charge is 2.16. The predicted octanol–water partition coefficient (Wildman–Crippen LogP) is 4.41. The van der Waals surface area contributed by atoms with Crippen molar-refractivity contribution >= 4 is 39.0 Å². The number of nitrogens with one attached hydrogen (secondary N) is 2. The van der Waals surface area contributed by atoms with Crippen molar-refractivity contribution in [2.24, 2.45) is 7.05 Å². The summed E-state index contributed by atoms with van der Waals surface area (Å²) in [6.45, 7) is 0. The largest absolute Gasteiger partial charge is 0.496 e. The number of aryl methyl sites for hydroxylation is 1. The molecule has 0 aliphatic heterocycles. The first kappa shape index (κ1) is 19.4. The van der Waals surface area contributed by atoms with Crippen molar-refractivity contribution in [1.82, 2.24) is 9.78 Å². The van der Waals surface area contributed by atoms with Gasteiger partial charge in [0.1, 0.15) is 5.75 Å². The van der Waals surface area contributed by atoms with Crippen LogP contribution < -0.4 is 15.4 Å². The van der Waals surface area contributed by atoms with E-state index < -0.39 is 11.0 Å². The van der Waals surface area contributed by atoms with Crippen LogP contribution in [-0.4, -0.2) is 27.8 Å². The Bertz CT molecular complexity index is 1030. The predicted molar refractivity (Wildman–Crippen MR) is 109 cm³/mol. The summed E-state index contributed by atoms with van der Waals surface area (Å²) in [4.78, 5) is 22.6. The summed E-state index contributed by atoms with van der Waals surface area (Å²) >= 11 is 3.46. The van der Waals surface area contributed by atoms with Crippen molar-refractivity contribution < 1.29 is 14.5 Å². The monoisotopic (exact) mass is 445 g/mol. The molecule has 0 saturated heterocycles. The van der Waals surface area contributed by atoms with E-state index in [4.69, 9.17) is 4.74 Å². The zero-order valence-electron chi connectivity index (χ0n) is 15.0. The number of nitro groups is 1. The number of benzene rings is 2. The van der Waals surface area contributed by atoms with E-state index in [2.05, 4.69) is 31.7 Å². The minimum atomic E-state index is -0.527. The molecule has 0 unspecified atom stereocenters. The first-order chi connectivity index (χ1) is 13.4. The van der Waals surface area contributed by atoms with Gasteiger partial charge in [-0.1, -0.05) is 6.07 Å². The van der Waals surface area contributed by atoms with Gasteiger partial charge in [0, 0.05) is 36.1 Å². The minimum Gasteiger partial charge on any atom is -0.496 e. The Labute approximate surface area is 168 Å². The summed E-state index contributed by atoms with van der Waals surface area (Å²) in [5.41, 5.74) is 2.26. The van der Waals surface area contributed by atoms with Crippen LogP contribution in [0.4, 0.5) is 21.9 Å². The summed E-state index contributed by atoms with van der Waals surface area (Å²) in [6.07, 6.45) is 1.67. The number of hydrogen-bond acceptors (Lipinski definition) is 5. The Morgan fingerprint density at radius 3 is 2.54 bits per heavy atom. The van der Waals surface area contributed by atoms with Gasteiger partial charge >= 0.3 is 6.03 Å². The van der Waals surface area contributed by atoms with Crippen LogP contribution in [0.3, 0.4) is 0 Å².